The summed E-state index contributed by atoms with van der Waals surface area (Å²) >= 11 is 0.228. The molecule has 3 aromatic carbocycles. The van der Waals surface area contributed by atoms with E-state index in [1.807, 2.05) is 0 Å². The van der Waals surface area contributed by atoms with Crippen LogP contribution in [0, 0.1) is 5.41 Å². The van der Waals surface area contributed by atoms with Gasteiger partial charge in [-0.1, -0.05) is 0 Å². The average Bonchev–Trinajstić information content (AvgIpc) is 3.32. The van der Waals surface area contributed by atoms with Gasteiger partial charge in [-0.05, 0) is 0 Å². The van der Waals surface area contributed by atoms with Crippen LogP contribution in [0.25, 0.3) is 41.5 Å². The second kappa shape index (κ2) is 10.0. The van der Waals surface area contributed by atoms with Gasteiger partial charge in [0.1, 0.15) is 0 Å². The Morgan fingerprint density at radius 2 is 1.61 bits per heavy atom. The first-order valence-electron chi connectivity index (χ1n) is 14.6. The first-order chi connectivity index (χ1) is 18.4. The summed E-state index contributed by atoms with van der Waals surface area (Å²) in [6, 6.07) is 25.1. The number of fused-ring (bicyclic) bond motifs is 4. The summed E-state index contributed by atoms with van der Waals surface area (Å²) in [5, 5.41) is 5.76. The zero-order valence-electron chi connectivity index (χ0n) is 23.6. The molecule has 0 unspecified atom stereocenters. The van der Waals surface area contributed by atoms with Crippen molar-refractivity contribution >= 4 is 58.0 Å². The molecule has 6 rings (SSSR count). The molecule has 0 N–H and O–H groups in total. The average molecular weight is 584 g/mol. The molecule has 2 heterocycles. The molecule has 1 aliphatic rings. The van der Waals surface area contributed by atoms with Crippen LogP contribution in [-0.4, -0.2) is 32.5 Å². The van der Waals surface area contributed by atoms with Crippen molar-refractivity contribution in [3.05, 3.63) is 66.5 Å². The Morgan fingerprint density at radius 3 is 2.34 bits per heavy atom. The Kier molecular flexibility index (Phi) is 6.87. The summed E-state index contributed by atoms with van der Waals surface area (Å²) in [5.41, 5.74) is 5.66. The molecular formula is C34H40N2SeSi. The predicted molar refractivity (Wildman–Crippen MR) is 169 cm³/mol. The van der Waals surface area contributed by atoms with E-state index in [4.69, 9.17) is 9.97 Å². The van der Waals surface area contributed by atoms with E-state index in [0.717, 1.165) is 5.69 Å². The van der Waals surface area contributed by atoms with Crippen molar-refractivity contribution in [2.24, 2.45) is 5.41 Å². The Labute approximate surface area is 234 Å². The second-order valence-electron chi connectivity index (χ2n) is 12.3. The first-order valence-corrected chi connectivity index (χ1v) is 18.9. The molecular weight excluding hydrogens is 543 g/mol. The molecule has 2 aromatic heterocycles. The van der Waals surface area contributed by atoms with Gasteiger partial charge in [0.25, 0.3) is 0 Å². The van der Waals surface area contributed by atoms with Crippen LogP contribution in [-0.2, 0) is 0 Å². The van der Waals surface area contributed by atoms with Crippen molar-refractivity contribution in [3.63, 3.8) is 0 Å². The quantitative estimate of drug-likeness (QED) is 0.186. The topological polar surface area (TPSA) is 25.8 Å². The van der Waals surface area contributed by atoms with Crippen LogP contribution in [0.4, 0.5) is 0 Å². The number of nitrogens with zero attached hydrogens (tertiary/aromatic N) is 2. The van der Waals surface area contributed by atoms with E-state index < -0.39 is 8.07 Å². The second-order valence-corrected chi connectivity index (χ2v) is 19.7. The summed E-state index contributed by atoms with van der Waals surface area (Å²) < 4.78 is 2.87. The maximum absolute atomic E-state index is 4.96. The van der Waals surface area contributed by atoms with Gasteiger partial charge in [-0.15, -0.1) is 0 Å². The zero-order valence-corrected chi connectivity index (χ0v) is 26.3. The fourth-order valence-electron chi connectivity index (χ4n) is 6.99. The van der Waals surface area contributed by atoms with Crippen LogP contribution in [0.3, 0.4) is 0 Å². The van der Waals surface area contributed by atoms with Gasteiger partial charge in [-0.25, -0.2) is 0 Å². The van der Waals surface area contributed by atoms with Crippen molar-refractivity contribution in [1.29, 1.82) is 0 Å². The first kappa shape index (κ1) is 26.0. The van der Waals surface area contributed by atoms with Gasteiger partial charge in [0.05, 0.1) is 0 Å². The van der Waals surface area contributed by atoms with Crippen LogP contribution >= 0.6 is 0 Å². The van der Waals surface area contributed by atoms with Gasteiger partial charge >= 0.3 is 235 Å². The van der Waals surface area contributed by atoms with E-state index >= 15 is 0 Å². The molecule has 38 heavy (non-hydrogen) atoms. The number of aromatic nitrogens is 2. The van der Waals surface area contributed by atoms with Crippen molar-refractivity contribution in [1.82, 2.24) is 9.97 Å². The van der Waals surface area contributed by atoms with E-state index in [1.54, 1.807) is 17.1 Å². The molecule has 0 atom stereocenters. The van der Waals surface area contributed by atoms with Crippen molar-refractivity contribution < 1.29 is 0 Å². The van der Waals surface area contributed by atoms with E-state index in [-0.39, 0.29) is 14.5 Å². The summed E-state index contributed by atoms with van der Waals surface area (Å²) in [5.74, 6) is 0.705. The Hall–Kier alpha value is -2.26. The fraction of sp³-hybridized carbons (Fsp3) is 0.412. The number of rotatable bonds is 6. The molecule has 1 saturated carbocycles. The number of hydrogen-bond donors (Lipinski definition) is 0. The summed E-state index contributed by atoms with van der Waals surface area (Å²) in [7, 11) is -1.59. The fourth-order valence-corrected chi connectivity index (χ4v) is 13.4. The van der Waals surface area contributed by atoms with Crippen LogP contribution in [0.2, 0.25) is 18.1 Å². The summed E-state index contributed by atoms with van der Waals surface area (Å²) in [4.78, 5) is 9.80. The van der Waals surface area contributed by atoms with Gasteiger partial charge in [0.2, 0.25) is 0 Å². The molecule has 0 spiro atoms. The molecule has 4 heteroatoms. The normalized spacial score (nSPS) is 16.6. The van der Waals surface area contributed by atoms with Crippen LogP contribution in [0.1, 0.15) is 71.8 Å². The van der Waals surface area contributed by atoms with Crippen LogP contribution in [0.5, 0.6) is 0 Å². The van der Waals surface area contributed by atoms with Gasteiger partial charge in [0.15, 0.2) is 0 Å². The maximum atomic E-state index is 4.96. The third kappa shape index (κ3) is 4.39. The van der Waals surface area contributed by atoms with E-state index in [9.17, 15) is 0 Å². The van der Waals surface area contributed by atoms with Gasteiger partial charge in [-0.3, -0.25) is 0 Å². The van der Waals surface area contributed by atoms with Crippen LogP contribution < -0.4 is 5.19 Å². The standard InChI is InChI=1S/C34H40N2SeSi/c1-6-38(7-2,8-3)30-21-26(19-25-11-9-10-12-27(25)30)31-33-32(36-22-35-31)28-14-13-24(20-29(28)37-33)23-15-17-34(4,5)18-16-23/h9-14,19-23H,6-8,15-18H2,1-5H3. The third-order valence-electron chi connectivity index (χ3n) is 9.82. The molecule has 0 amide bonds. The van der Waals surface area contributed by atoms with Gasteiger partial charge in [-0.2, -0.15) is 0 Å². The van der Waals surface area contributed by atoms with Crippen molar-refractivity contribution in [2.45, 2.75) is 84.4 Å². The summed E-state index contributed by atoms with van der Waals surface area (Å²) in [6.45, 7) is 12.1. The summed E-state index contributed by atoms with van der Waals surface area (Å²) in [6.07, 6.45) is 7.09. The molecule has 2 nitrogen and oxygen atoms in total. The van der Waals surface area contributed by atoms with Gasteiger partial charge in [0, 0.05) is 0 Å². The van der Waals surface area contributed by atoms with E-state index in [1.165, 1.54) is 79.6 Å². The SMILES string of the molecule is CC[Si](CC)(CC)c1cc(-c2ncnc3c2[se]c2cc(C4CCC(C)(C)CC4)ccc23)cc2ccccc12. The van der Waals surface area contributed by atoms with Gasteiger partial charge < -0.3 is 0 Å². The molecule has 0 bridgehead atoms. The van der Waals surface area contributed by atoms with Crippen molar-refractivity contribution in [3.8, 4) is 11.3 Å². The molecule has 1 fully saturated rings. The van der Waals surface area contributed by atoms with E-state index in [2.05, 4.69) is 89.2 Å². The number of hydrogen-bond acceptors (Lipinski definition) is 2. The molecule has 0 radical (unpaired) electrons. The Morgan fingerprint density at radius 1 is 0.868 bits per heavy atom. The molecule has 0 aliphatic heterocycles. The zero-order chi connectivity index (χ0) is 26.5. The molecule has 1 aliphatic carbocycles. The Bertz CT molecular complexity index is 1610. The molecule has 0 saturated heterocycles. The number of benzene rings is 3. The third-order valence-corrected chi connectivity index (χ3v) is 17.9. The van der Waals surface area contributed by atoms with E-state index in [0.29, 0.717) is 11.3 Å². The predicted octanol–water partition coefficient (Wildman–Crippen LogP) is 9.06. The monoisotopic (exact) mass is 584 g/mol. The van der Waals surface area contributed by atoms with Crippen LogP contribution in [0.15, 0.2) is 60.9 Å². The minimum atomic E-state index is -1.59. The molecule has 5 aromatic rings. The Balaban J connectivity index is 1.50. The van der Waals surface area contributed by atoms with Crippen molar-refractivity contribution in [2.75, 3.05) is 0 Å². The molecule has 196 valence electrons. The minimum absolute atomic E-state index is 0.228.